The van der Waals surface area contributed by atoms with Crippen LogP contribution in [0.4, 0.5) is 5.69 Å². The third kappa shape index (κ3) is 4.51. The summed E-state index contributed by atoms with van der Waals surface area (Å²) < 4.78 is 0. The Bertz CT molecular complexity index is 881. The van der Waals surface area contributed by atoms with Crippen molar-refractivity contribution in [2.45, 2.75) is 18.9 Å². The molecule has 1 aliphatic heterocycles. The van der Waals surface area contributed by atoms with Gasteiger partial charge in [-0.25, -0.2) is 10.3 Å². The second kappa shape index (κ2) is 9.07. The Morgan fingerprint density at radius 1 is 1.07 bits per heavy atom. The van der Waals surface area contributed by atoms with Gasteiger partial charge in [-0.2, -0.15) is 0 Å². The van der Waals surface area contributed by atoms with Gasteiger partial charge in [-0.3, -0.25) is 19.8 Å². The van der Waals surface area contributed by atoms with Crippen molar-refractivity contribution in [3.05, 3.63) is 71.8 Å². The zero-order valence-electron chi connectivity index (χ0n) is 15.2. The van der Waals surface area contributed by atoms with Gasteiger partial charge in [-0.1, -0.05) is 48.5 Å². The number of aliphatic hydroxyl groups is 1. The van der Waals surface area contributed by atoms with Crippen LogP contribution in [-0.4, -0.2) is 35.5 Å². The SMILES string of the molecule is O=C(NNC1CC(=O)N(c2ccccc2)C1=O)C(=Cc1ccccc1)CCO. The summed E-state index contributed by atoms with van der Waals surface area (Å²) in [6, 6.07) is 17.0. The van der Waals surface area contributed by atoms with E-state index in [1.54, 1.807) is 36.4 Å². The first kappa shape index (κ1) is 19.5. The van der Waals surface area contributed by atoms with Gasteiger partial charge in [-0.05, 0) is 23.8 Å². The van der Waals surface area contributed by atoms with Crippen LogP contribution in [0.1, 0.15) is 18.4 Å². The van der Waals surface area contributed by atoms with Crippen LogP contribution < -0.4 is 15.8 Å². The fourth-order valence-electron chi connectivity index (χ4n) is 2.95. The molecular weight excluding hydrogens is 358 g/mol. The number of para-hydroxylation sites is 1. The summed E-state index contributed by atoms with van der Waals surface area (Å²) in [6.07, 6.45) is 1.78. The average molecular weight is 379 g/mol. The first-order chi connectivity index (χ1) is 13.6. The predicted octanol–water partition coefficient (Wildman–Crippen LogP) is 1.41. The Kier molecular flexibility index (Phi) is 6.31. The summed E-state index contributed by atoms with van der Waals surface area (Å²) in [5.41, 5.74) is 6.82. The average Bonchev–Trinajstić information content (AvgIpc) is 3.00. The molecule has 0 bridgehead atoms. The Balaban J connectivity index is 1.66. The quantitative estimate of drug-likeness (QED) is 0.384. The monoisotopic (exact) mass is 379 g/mol. The molecule has 1 unspecified atom stereocenters. The van der Waals surface area contributed by atoms with Crippen molar-refractivity contribution in [1.29, 1.82) is 0 Å². The van der Waals surface area contributed by atoms with Crippen LogP contribution in [-0.2, 0) is 14.4 Å². The third-order valence-corrected chi connectivity index (χ3v) is 4.33. The minimum Gasteiger partial charge on any atom is -0.396 e. The molecule has 7 heteroatoms. The number of benzene rings is 2. The van der Waals surface area contributed by atoms with Crippen LogP contribution in [0.5, 0.6) is 0 Å². The van der Waals surface area contributed by atoms with E-state index in [1.165, 1.54) is 0 Å². The molecule has 1 atom stereocenters. The van der Waals surface area contributed by atoms with Crippen molar-refractivity contribution in [3.8, 4) is 0 Å². The highest BCUT2D eigenvalue weighted by Gasteiger charge is 2.39. The van der Waals surface area contributed by atoms with Crippen molar-refractivity contribution < 1.29 is 19.5 Å². The molecule has 2 aromatic carbocycles. The van der Waals surface area contributed by atoms with Crippen LogP contribution in [0.25, 0.3) is 6.08 Å². The Labute approximate surface area is 162 Å². The number of hydrogen-bond donors (Lipinski definition) is 3. The standard InChI is InChI=1S/C21H21N3O4/c25-12-11-16(13-15-7-3-1-4-8-15)20(27)23-22-18-14-19(26)24(21(18)28)17-9-5-2-6-10-17/h1-10,13,18,22,25H,11-12,14H2,(H,23,27). The van der Waals surface area contributed by atoms with Gasteiger partial charge in [0.2, 0.25) is 5.91 Å². The van der Waals surface area contributed by atoms with Crippen LogP contribution in [0.2, 0.25) is 0 Å². The van der Waals surface area contributed by atoms with Crippen LogP contribution in [0.15, 0.2) is 66.2 Å². The van der Waals surface area contributed by atoms with Crippen LogP contribution in [0, 0.1) is 0 Å². The summed E-state index contributed by atoms with van der Waals surface area (Å²) in [6.45, 7) is -0.186. The molecule has 3 N–H and O–H groups in total. The smallest absolute Gasteiger partial charge is 0.261 e. The maximum absolute atomic E-state index is 12.6. The molecule has 1 heterocycles. The van der Waals surface area contributed by atoms with Crippen LogP contribution in [0.3, 0.4) is 0 Å². The normalized spacial score (nSPS) is 17.1. The maximum atomic E-state index is 12.6. The molecule has 0 aromatic heterocycles. The van der Waals surface area contributed by atoms with E-state index in [4.69, 9.17) is 0 Å². The largest absolute Gasteiger partial charge is 0.396 e. The van der Waals surface area contributed by atoms with E-state index in [0.29, 0.717) is 11.3 Å². The second-order valence-electron chi connectivity index (χ2n) is 6.31. The number of nitrogens with zero attached hydrogens (tertiary/aromatic N) is 1. The van der Waals surface area contributed by atoms with Crippen molar-refractivity contribution in [2.24, 2.45) is 0 Å². The molecule has 0 saturated carbocycles. The van der Waals surface area contributed by atoms with Gasteiger partial charge in [0, 0.05) is 18.6 Å². The van der Waals surface area contributed by atoms with Gasteiger partial charge in [-0.15, -0.1) is 0 Å². The summed E-state index contributed by atoms with van der Waals surface area (Å²) in [4.78, 5) is 38.4. The summed E-state index contributed by atoms with van der Waals surface area (Å²) in [5, 5.41) is 9.23. The molecule has 144 valence electrons. The van der Waals surface area contributed by atoms with Gasteiger partial charge in [0.05, 0.1) is 12.1 Å². The highest BCUT2D eigenvalue weighted by molar-refractivity contribution is 6.22. The molecule has 0 radical (unpaired) electrons. The molecular formula is C21H21N3O4. The van der Waals surface area contributed by atoms with E-state index in [2.05, 4.69) is 10.9 Å². The maximum Gasteiger partial charge on any atom is 0.261 e. The molecule has 1 fully saturated rings. The lowest BCUT2D eigenvalue weighted by Crippen LogP contribution is -2.48. The van der Waals surface area contributed by atoms with Crippen molar-refractivity contribution in [2.75, 3.05) is 11.5 Å². The molecule has 0 aliphatic carbocycles. The number of carbonyl (C=O) groups is 3. The molecule has 1 saturated heterocycles. The lowest BCUT2D eigenvalue weighted by atomic mass is 10.1. The number of hydrogen-bond acceptors (Lipinski definition) is 5. The van der Waals surface area contributed by atoms with Gasteiger partial charge < -0.3 is 5.11 Å². The minimum absolute atomic E-state index is 0.0499. The Hall–Kier alpha value is -3.29. The number of aliphatic hydroxyl groups excluding tert-OH is 1. The van der Waals surface area contributed by atoms with Gasteiger partial charge in [0.1, 0.15) is 6.04 Å². The van der Waals surface area contributed by atoms with E-state index >= 15 is 0 Å². The number of rotatable bonds is 7. The number of nitrogens with one attached hydrogen (secondary N) is 2. The lowest BCUT2D eigenvalue weighted by Gasteiger charge is -2.16. The summed E-state index contributed by atoms with van der Waals surface area (Å²) in [7, 11) is 0. The summed E-state index contributed by atoms with van der Waals surface area (Å²) in [5.74, 6) is -1.22. The number of carbonyl (C=O) groups excluding carboxylic acids is 3. The van der Waals surface area contributed by atoms with Crippen LogP contribution >= 0.6 is 0 Å². The Morgan fingerprint density at radius 3 is 2.36 bits per heavy atom. The van der Waals surface area contributed by atoms with Gasteiger partial charge in [0.25, 0.3) is 11.8 Å². The molecule has 7 nitrogen and oxygen atoms in total. The highest BCUT2D eigenvalue weighted by atomic mass is 16.3. The van der Waals surface area contributed by atoms with Gasteiger partial charge >= 0.3 is 0 Å². The Morgan fingerprint density at radius 2 is 1.71 bits per heavy atom. The van der Waals surface area contributed by atoms with Crippen molar-refractivity contribution >= 4 is 29.5 Å². The first-order valence-corrected chi connectivity index (χ1v) is 8.94. The molecule has 28 heavy (non-hydrogen) atoms. The van der Waals surface area contributed by atoms with Gasteiger partial charge in [0.15, 0.2) is 0 Å². The fraction of sp³-hybridized carbons (Fsp3) is 0.190. The zero-order chi connectivity index (χ0) is 19.9. The topological polar surface area (TPSA) is 98.7 Å². The molecule has 3 amide bonds. The zero-order valence-corrected chi connectivity index (χ0v) is 15.2. The minimum atomic E-state index is -0.844. The van der Waals surface area contributed by atoms with Crippen molar-refractivity contribution in [3.63, 3.8) is 0 Å². The lowest BCUT2D eigenvalue weighted by molar-refractivity contribution is -0.121. The van der Waals surface area contributed by atoms with E-state index in [0.717, 1.165) is 10.5 Å². The number of amides is 3. The molecule has 1 aliphatic rings. The highest BCUT2D eigenvalue weighted by Crippen LogP contribution is 2.22. The first-order valence-electron chi connectivity index (χ1n) is 8.94. The number of anilines is 1. The van der Waals surface area contributed by atoms with Crippen molar-refractivity contribution in [1.82, 2.24) is 10.9 Å². The molecule has 3 rings (SSSR count). The van der Waals surface area contributed by atoms with E-state index < -0.39 is 17.9 Å². The molecule has 2 aromatic rings. The second-order valence-corrected chi connectivity index (χ2v) is 6.31. The van der Waals surface area contributed by atoms with E-state index in [1.807, 2.05) is 30.3 Å². The number of imide groups is 1. The summed E-state index contributed by atoms with van der Waals surface area (Å²) >= 11 is 0. The fourth-order valence-corrected chi connectivity index (χ4v) is 2.95. The third-order valence-electron chi connectivity index (χ3n) is 4.33. The predicted molar refractivity (Wildman–Crippen MR) is 105 cm³/mol. The molecule has 0 spiro atoms. The van der Waals surface area contributed by atoms with E-state index in [9.17, 15) is 19.5 Å². The van der Waals surface area contributed by atoms with E-state index in [-0.39, 0.29) is 25.4 Å². The number of hydrazine groups is 1.